The van der Waals surface area contributed by atoms with E-state index in [-0.39, 0.29) is 0 Å². The van der Waals surface area contributed by atoms with Gasteiger partial charge < -0.3 is 14.7 Å². The van der Waals surface area contributed by atoms with Gasteiger partial charge in [0.2, 0.25) is 0 Å². The number of hydrogen-bond acceptors (Lipinski definition) is 4. The van der Waals surface area contributed by atoms with E-state index in [0.29, 0.717) is 12.1 Å². The highest BCUT2D eigenvalue weighted by Gasteiger charge is 2.34. The van der Waals surface area contributed by atoms with Crippen molar-refractivity contribution in [2.75, 3.05) is 70.2 Å². The number of rotatable bonds is 7. The molecule has 3 rings (SSSR count). The summed E-state index contributed by atoms with van der Waals surface area (Å²) in [5.74, 6) is 0. The molecular weight excluding hydrogens is 401 g/mol. The predicted octanol–water partition coefficient (Wildman–Crippen LogP) is 4.33. The zero-order chi connectivity index (χ0) is 22.6. The van der Waals surface area contributed by atoms with E-state index in [1.165, 1.54) is 17.3 Å². The summed E-state index contributed by atoms with van der Waals surface area (Å²) in [6, 6.07) is 12.9. The molecule has 2 aromatic carbocycles. The highest BCUT2D eigenvalue weighted by atomic mass is 19.4. The number of benzene rings is 2. The lowest BCUT2D eigenvalue weighted by Gasteiger charge is -2.36. The van der Waals surface area contributed by atoms with Crippen molar-refractivity contribution in [1.82, 2.24) is 9.80 Å². The fourth-order valence-corrected chi connectivity index (χ4v) is 3.86. The van der Waals surface area contributed by atoms with Crippen molar-refractivity contribution in [1.29, 1.82) is 0 Å². The molecule has 0 spiro atoms. The van der Waals surface area contributed by atoms with E-state index in [4.69, 9.17) is 0 Å². The molecule has 2 aromatic rings. The van der Waals surface area contributed by atoms with Crippen LogP contribution in [0.4, 0.5) is 24.5 Å². The lowest BCUT2D eigenvalue weighted by molar-refractivity contribution is -0.138. The Hall–Kier alpha value is -2.25. The summed E-state index contributed by atoms with van der Waals surface area (Å²) in [5, 5.41) is 0. The first-order valence-corrected chi connectivity index (χ1v) is 10.7. The SMILES string of the molecule is Cc1ccc(N2CCN(Cc3cc(N(C)CCN(C)C)ccc3C(F)(F)F)CC2)cc1. The third-order valence-corrected chi connectivity index (χ3v) is 5.88. The van der Waals surface area contributed by atoms with Crippen LogP contribution in [0, 0.1) is 6.92 Å². The Morgan fingerprint density at radius 2 is 1.52 bits per heavy atom. The molecule has 0 unspecified atom stereocenters. The summed E-state index contributed by atoms with van der Waals surface area (Å²) in [7, 11) is 5.90. The second-order valence-electron chi connectivity index (χ2n) is 8.66. The van der Waals surface area contributed by atoms with Crippen molar-refractivity contribution in [3.63, 3.8) is 0 Å². The smallest absolute Gasteiger partial charge is 0.373 e. The monoisotopic (exact) mass is 434 g/mol. The van der Waals surface area contributed by atoms with Crippen LogP contribution in [0.2, 0.25) is 0 Å². The van der Waals surface area contributed by atoms with Crippen LogP contribution in [-0.2, 0) is 12.7 Å². The molecule has 0 bridgehead atoms. The highest BCUT2D eigenvalue weighted by Crippen LogP contribution is 2.34. The van der Waals surface area contributed by atoms with Gasteiger partial charge in [-0.25, -0.2) is 0 Å². The molecule has 0 aromatic heterocycles. The van der Waals surface area contributed by atoms with Crippen molar-refractivity contribution in [3.8, 4) is 0 Å². The van der Waals surface area contributed by atoms with Gasteiger partial charge in [0, 0.05) is 64.2 Å². The second kappa shape index (κ2) is 9.92. The van der Waals surface area contributed by atoms with Gasteiger partial charge >= 0.3 is 6.18 Å². The molecule has 0 N–H and O–H groups in total. The van der Waals surface area contributed by atoms with Crippen molar-refractivity contribution >= 4 is 11.4 Å². The molecule has 4 nitrogen and oxygen atoms in total. The molecular formula is C24H33F3N4. The Morgan fingerprint density at radius 3 is 2.10 bits per heavy atom. The zero-order valence-electron chi connectivity index (χ0n) is 18.9. The lowest BCUT2D eigenvalue weighted by Crippen LogP contribution is -2.46. The van der Waals surface area contributed by atoms with Crippen LogP contribution in [0.1, 0.15) is 16.7 Å². The van der Waals surface area contributed by atoms with E-state index < -0.39 is 11.7 Å². The molecule has 0 radical (unpaired) electrons. The molecule has 0 atom stereocenters. The van der Waals surface area contributed by atoms with Gasteiger partial charge in [0.05, 0.1) is 5.56 Å². The van der Waals surface area contributed by atoms with Gasteiger partial charge in [0.15, 0.2) is 0 Å². The van der Waals surface area contributed by atoms with Gasteiger partial charge in [-0.3, -0.25) is 4.90 Å². The van der Waals surface area contributed by atoms with Crippen LogP contribution in [0.25, 0.3) is 0 Å². The molecule has 1 aliphatic rings. The molecule has 1 fully saturated rings. The number of anilines is 2. The fourth-order valence-electron chi connectivity index (χ4n) is 3.86. The van der Waals surface area contributed by atoms with Gasteiger partial charge in [-0.15, -0.1) is 0 Å². The molecule has 0 aliphatic carbocycles. The number of hydrogen-bond donors (Lipinski definition) is 0. The quantitative estimate of drug-likeness (QED) is 0.643. The molecule has 1 aliphatic heterocycles. The number of alkyl halides is 3. The van der Waals surface area contributed by atoms with Gasteiger partial charge in [0.1, 0.15) is 0 Å². The second-order valence-corrected chi connectivity index (χ2v) is 8.66. The Balaban J connectivity index is 1.70. The van der Waals surface area contributed by atoms with Crippen LogP contribution in [0.15, 0.2) is 42.5 Å². The summed E-state index contributed by atoms with van der Waals surface area (Å²) >= 11 is 0. The average molecular weight is 435 g/mol. The molecule has 7 heteroatoms. The number of piperazine rings is 1. The van der Waals surface area contributed by atoms with Gasteiger partial charge in [-0.05, 0) is 56.9 Å². The first-order valence-electron chi connectivity index (χ1n) is 10.7. The van der Waals surface area contributed by atoms with Crippen LogP contribution >= 0.6 is 0 Å². The first kappa shape index (κ1) is 23.4. The van der Waals surface area contributed by atoms with E-state index in [9.17, 15) is 13.2 Å². The Labute approximate surface area is 183 Å². The topological polar surface area (TPSA) is 13.0 Å². The van der Waals surface area contributed by atoms with E-state index in [1.54, 1.807) is 12.1 Å². The maximum Gasteiger partial charge on any atom is 0.416 e. The Kier molecular flexibility index (Phi) is 7.49. The molecule has 0 amide bonds. The third-order valence-electron chi connectivity index (χ3n) is 5.88. The predicted molar refractivity (Wildman–Crippen MR) is 122 cm³/mol. The maximum atomic E-state index is 13.7. The first-order chi connectivity index (χ1) is 14.6. The number of aryl methyl sites for hydroxylation is 1. The van der Waals surface area contributed by atoms with Crippen molar-refractivity contribution < 1.29 is 13.2 Å². The standard InChI is InChI=1S/C24H33F3N4/c1-19-5-7-21(8-6-19)31-15-13-30(14-16-31)18-20-17-22(29(4)12-11-28(2)3)9-10-23(20)24(25,26)27/h5-10,17H,11-16,18H2,1-4H3. The minimum atomic E-state index is -4.35. The van der Waals surface area contributed by atoms with Gasteiger partial charge in [0.25, 0.3) is 0 Å². The van der Waals surface area contributed by atoms with Crippen LogP contribution in [0.5, 0.6) is 0 Å². The van der Waals surface area contributed by atoms with E-state index in [2.05, 4.69) is 45.9 Å². The minimum Gasteiger partial charge on any atom is -0.373 e. The molecule has 31 heavy (non-hydrogen) atoms. The largest absolute Gasteiger partial charge is 0.416 e. The highest BCUT2D eigenvalue weighted by molar-refractivity contribution is 5.51. The summed E-state index contributed by atoms with van der Waals surface area (Å²) < 4.78 is 41.0. The average Bonchev–Trinajstić information content (AvgIpc) is 2.72. The van der Waals surface area contributed by atoms with Crippen LogP contribution in [-0.4, -0.2) is 70.2 Å². The van der Waals surface area contributed by atoms with Crippen LogP contribution < -0.4 is 9.80 Å². The Morgan fingerprint density at radius 1 is 0.871 bits per heavy atom. The van der Waals surface area contributed by atoms with E-state index in [1.807, 2.05) is 26.0 Å². The summed E-state index contributed by atoms with van der Waals surface area (Å²) in [5.41, 5.74) is 3.04. The van der Waals surface area contributed by atoms with E-state index in [0.717, 1.165) is 45.0 Å². The summed E-state index contributed by atoms with van der Waals surface area (Å²) in [6.07, 6.45) is -4.35. The minimum absolute atomic E-state index is 0.311. The zero-order valence-corrected chi connectivity index (χ0v) is 18.9. The van der Waals surface area contributed by atoms with Crippen molar-refractivity contribution in [2.45, 2.75) is 19.6 Å². The fraction of sp³-hybridized carbons (Fsp3) is 0.500. The van der Waals surface area contributed by atoms with Crippen molar-refractivity contribution in [2.24, 2.45) is 0 Å². The third kappa shape index (κ3) is 6.37. The number of halogens is 3. The van der Waals surface area contributed by atoms with Gasteiger partial charge in [-0.1, -0.05) is 17.7 Å². The number of nitrogens with zero attached hydrogens (tertiary/aromatic N) is 4. The molecule has 0 saturated carbocycles. The van der Waals surface area contributed by atoms with Gasteiger partial charge in [-0.2, -0.15) is 13.2 Å². The number of likely N-dealkylation sites (N-methyl/N-ethyl adjacent to an activating group) is 2. The molecule has 1 saturated heterocycles. The lowest BCUT2D eigenvalue weighted by atomic mass is 10.0. The molecule has 170 valence electrons. The molecule has 1 heterocycles. The summed E-state index contributed by atoms with van der Waals surface area (Å²) in [4.78, 5) is 8.50. The Bertz CT molecular complexity index is 841. The summed E-state index contributed by atoms with van der Waals surface area (Å²) in [6.45, 7) is 7.08. The van der Waals surface area contributed by atoms with Crippen LogP contribution in [0.3, 0.4) is 0 Å². The van der Waals surface area contributed by atoms with Crippen molar-refractivity contribution in [3.05, 3.63) is 59.2 Å². The maximum absolute atomic E-state index is 13.7. The van der Waals surface area contributed by atoms with E-state index >= 15 is 0 Å². The normalized spacial score (nSPS) is 15.5.